The Bertz CT molecular complexity index is 582. The number of halogens is 5. The first-order chi connectivity index (χ1) is 9.22. The molecule has 1 aromatic carbocycles. The molecule has 3 nitrogen and oxygen atoms in total. The molecule has 0 bridgehead atoms. The smallest absolute Gasteiger partial charge is 0.302 e. The van der Waals surface area contributed by atoms with Crippen molar-refractivity contribution in [3.05, 3.63) is 29.3 Å². The average molecular weight is 293 g/mol. The van der Waals surface area contributed by atoms with Gasteiger partial charge in [0.15, 0.2) is 0 Å². The van der Waals surface area contributed by atoms with Crippen LogP contribution in [0.15, 0.2) is 12.1 Å². The van der Waals surface area contributed by atoms with Crippen LogP contribution in [0.25, 0.3) is 0 Å². The van der Waals surface area contributed by atoms with E-state index < -0.39 is 60.1 Å². The van der Waals surface area contributed by atoms with Crippen molar-refractivity contribution in [1.82, 2.24) is 0 Å². The molecule has 1 heterocycles. The number of alkyl halides is 3. The minimum atomic E-state index is -4.42. The van der Waals surface area contributed by atoms with Crippen LogP contribution in [0.4, 0.5) is 27.6 Å². The maximum atomic E-state index is 13.6. The summed E-state index contributed by atoms with van der Waals surface area (Å²) in [7, 11) is 0. The fourth-order valence-electron chi connectivity index (χ4n) is 2.00. The number of benzene rings is 1. The van der Waals surface area contributed by atoms with Crippen LogP contribution < -0.4 is 4.90 Å². The molecule has 0 unspecified atom stereocenters. The molecule has 0 aromatic heterocycles. The first-order valence-electron chi connectivity index (χ1n) is 5.63. The fourth-order valence-corrected chi connectivity index (χ4v) is 2.00. The molecule has 108 valence electrons. The van der Waals surface area contributed by atoms with E-state index in [0.717, 1.165) is 6.07 Å². The molecule has 0 radical (unpaired) electrons. The monoisotopic (exact) mass is 293 g/mol. The molecule has 0 atom stereocenters. The van der Waals surface area contributed by atoms with Crippen molar-refractivity contribution < 1.29 is 31.5 Å². The van der Waals surface area contributed by atoms with Crippen molar-refractivity contribution in [3.63, 3.8) is 0 Å². The summed E-state index contributed by atoms with van der Waals surface area (Å²) in [5, 5.41) is 0. The van der Waals surface area contributed by atoms with Crippen molar-refractivity contribution in [3.8, 4) is 0 Å². The van der Waals surface area contributed by atoms with Gasteiger partial charge in [-0.3, -0.25) is 9.59 Å². The number of fused-ring (bicyclic) bond motifs is 1. The molecule has 1 aliphatic heterocycles. The molecule has 1 aliphatic rings. The molecule has 0 fully saturated rings. The van der Waals surface area contributed by atoms with Gasteiger partial charge in [0, 0.05) is 13.0 Å². The molecule has 0 aliphatic carbocycles. The molecule has 0 saturated carbocycles. The third kappa shape index (κ3) is 2.50. The minimum absolute atomic E-state index is 0.502. The van der Waals surface area contributed by atoms with Crippen LogP contribution in [0.5, 0.6) is 0 Å². The molecule has 0 spiro atoms. The number of hydrogen-bond acceptors (Lipinski definition) is 2. The molecule has 0 N–H and O–H groups in total. The molecular formula is C12H8F5NO2. The number of hydrogen-bond donors (Lipinski definition) is 0. The molecule has 20 heavy (non-hydrogen) atoms. The van der Waals surface area contributed by atoms with Crippen LogP contribution in [0, 0.1) is 11.6 Å². The topological polar surface area (TPSA) is 37.4 Å². The summed E-state index contributed by atoms with van der Waals surface area (Å²) in [5.41, 5.74) is -1.30. The summed E-state index contributed by atoms with van der Waals surface area (Å²) < 4.78 is 63.1. The summed E-state index contributed by atoms with van der Waals surface area (Å²) in [4.78, 5) is 23.7. The van der Waals surface area contributed by atoms with Gasteiger partial charge in [0.25, 0.3) is 11.7 Å². The lowest BCUT2D eigenvalue weighted by Gasteiger charge is -2.17. The number of Topliss-reactive ketones (excluding diaryl/α,β-unsaturated/α-hetero) is 1. The zero-order chi connectivity index (χ0) is 15.1. The van der Waals surface area contributed by atoms with E-state index in [1.807, 2.05) is 0 Å². The van der Waals surface area contributed by atoms with E-state index in [9.17, 15) is 31.5 Å². The summed E-state index contributed by atoms with van der Waals surface area (Å²) in [6.07, 6.45) is -6.11. The van der Waals surface area contributed by atoms with Gasteiger partial charge < -0.3 is 4.90 Å². The van der Waals surface area contributed by atoms with Gasteiger partial charge in [0.05, 0.1) is 11.3 Å². The summed E-state index contributed by atoms with van der Waals surface area (Å²) >= 11 is 0. The molecule has 0 saturated heterocycles. The van der Waals surface area contributed by atoms with Gasteiger partial charge in [0.1, 0.15) is 11.6 Å². The van der Waals surface area contributed by atoms with E-state index in [-0.39, 0.29) is 0 Å². The highest BCUT2D eigenvalue weighted by molar-refractivity contribution is 6.52. The lowest BCUT2D eigenvalue weighted by atomic mass is 10.1. The van der Waals surface area contributed by atoms with Crippen LogP contribution in [0.1, 0.15) is 23.2 Å². The Morgan fingerprint density at radius 1 is 1.05 bits per heavy atom. The molecule has 1 amide bonds. The highest BCUT2D eigenvalue weighted by Gasteiger charge is 2.40. The highest BCUT2D eigenvalue weighted by Crippen LogP contribution is 2.34. The second kappa shape index (κ2) is 4.84. The van der Waals surface area contributed by atoms with Gasteiger partial charge in [-0.05, 0) is 18.6 Å². The first-order valence-corrected chi connectivity index (χ1v) is 5.63. The summed E-state index contributed by atoms with van der Waals surface area (Å²) in [6, 6.07) is 1.41. The number of carbonyl (C=O) groups excluding carboxylic acids is 2. The standard InChI is InChI=1S/C12H8F5NO2/c13-6-2-3-7(14)9-8(6)10(19)11(20)18(9)5-1-4-12(15,16)17/h2-3H,1,4-5H2. The summed E-state index contributed by atoms with van der Waals surface area (Å²) in [5.74, 6) is -4.55. The maximum Gasteiger partial charge on any atom is 0.389 e. The largest absolute Gasteiger partial charge is 0.389 e. The zero-order valence-electron chi connectivity index (χ0n) is 9.93. The lowest BCUT2D eigenvalue weighted by molar-refractivity contribution is -0.135. The number of carbonyl (C=O) groups is 2. The summed E-state index contributed by atoms with van der Waals surface area (Å²) in [6.45, 7) is -0.503. The van der Waals surface area contributed by atoms with Crippen molar-refractivity contribution in [2.75, 3.05) is 11.4 Å². The average Bonchev–Trinajstić information content (AvgIpc) is 2.58. The molecular weight excluding hydrogens is 285 g/mol. The number of anilines is 1. The Hall–Kier alpha value is -1.99. The van der Waals surface area contributed by atoms with E-state index >= 15 is 0 Å². The van der Waals surface area contributed by atoms with Crippen LogP contribution >= 0.6 is 0 Å². The highest BCUT2D eigenvalue weighted by atomic mass is 19.4. The van der Waals surface area contributed by atoms with E-state index in [1.165, 1.54) is 0 Å². The number of nitrogens with zero attached hydrogens (tertiary/aromatic N) is 1. The molecule has 1 aromatic rings. The van der Waals surface area contributed by atoms with Crippen LogP contribution in [0.2, 0.25) is 0 Å². The van der Waals surface area contributed by atoms with E-state index in [1.54, 1.807) is 0 Å². The van der Waals surface area contributed by atoms with Crippen molar-refractivity contribution in [1.29, 1.82) is 0 Å². The van der Waals surface area contributed by atoms with Crippen molar-refractivity contribution in [2.24, 2.45) is 0 Å². The first kappa shape index (κ1) is 14.4. The van der Waals surface area contributed by atoms with Gasteiger partial charge in [-0.25, -0.2) is 8.78 Å². The Morgan fingerprint density at radius 3 is 2.25 bits per heavy atom. The Kier molecular flexibility index (Phi) is 3.49. The Labute approximate surface area is 110 Å². The zero-order valence-corrected chi connectivity index (χ0v) is 9.93. The van der Waals surface area contributed by atoms with Gasteiger partial charge in [-0.2, -0.15) is 13.2 Å². The SMILES string of the molecule is O=C1C(=O)N(CCCC(F)(F)F)c2c(F)ccc(F)c21. The van der Waals surface area contributed by atoms with Gasteiger partial charge in [-0.15, -0.1) is 0 Å². The fraction of sp³-hybridized carbons (Fsp3) is 0.333. The van der Waals surface area contributed by atoms with Gasteiger partial charge in [0.2, 0.25) is 0 Å². The number of amides is 1. The van der Waals surface area contributed by atoms with Crippen LogP contribution in [0.3, 0.4) is 0 Å². The third-order valence-electron chi connectivity index (χ3n) is 2.86. The Balaban J connectivity index is 2.27. The molecule has 8 heteroatoms. The van der Waals surface area contributed by atoms with Crippen LogP contribution in [-0.4, -0.2) is 24.4 Å². The predicted molar refractivity (Wildman–Crippen MR) is 58.3 cm³/mol. The quantitative estimate of drug-likeness (QED) is 0.635. The van der Waals surface area contributed by atoms with Crippen molar-refractivity contribution >= 4 is 17.4 Å². The maximum absolute atomic E-state index is 13.6. The second-order valence-electron chi connectivity index (χ2n) is 4.26. The molecule has 2 rings (SSSR count). The minimum Gasteiger partial charge on any atom is -0.302 e. The second-order valence-corrected chi connectivity index (χ2v) is 4.26. The number of rotatable bonds is 3. The van der Waals surface area contributed by atoms with Gasteiger partial charge >= 0.3 is 6.18 Å². The van der Waals surface area contributed by atoms with Crippen LogP contribution in [-0.2, 0) is 4.79 Å². The third-order valence-corrected chi connectivity index (χ3v) is 2.86. The number of ketones is 1. The van der Waals surface area contributed by atoms with Crippen molar-refractivity contribution in [2.45, 2.75) is 19.0 Å². The van der Waals surface area contributed by atoms with Gasteiger partial charge in [-0.1, -0.05) is 0 Å². The van der Waals surface area contributed by atoms with E-state index in [4.69, 9.17) is 0 Å². The lowest BCUT2D eigenvalue weighted by Crippen LogP contribution is -2.31. The predicted octanol–water partition coefficient (Wildman–Crippen LogP) is 2.84. The van der Waals surface area contributed by atoms with E-state index in [2.05, 4.69) is 0 Å². The normalized spacial score (nSPS) is 14.9. The van der Waals surface area contributed by atoms with E-state index in [0.29, 0.717) is 11.0 Å². The Morgan fingerprint density at radius 2 is 1.65 bits per heavy atom.